The second kappa shape index (κ2) is 12.4. The second-order valence-electron chi connectivity index (χ2n) is 5.62. The Balaban J connectivity index is 2.20. The van der Waals surface area contributed by atoms with Crippen LogP contribution < -0.4 is 4.74 Å². The molecule has 0 saturated heterocycles. The molecule has 134 valence electrons. The van der Waals surface area contributed by atoms with E-state index < -0.39 is 0 Å². The van der Waals surface area contributed by atoms with Gasteiger partial charge >= 0.3 is 11.9 Å². The van der Waals surface area contributed by atoms with Gasteiger partial charge in [0.2, 0.25) is 0 Å². The first kappa shape index (κ1) is 20.0. The van der Waals surface area contributed by atoms with E-state index in [1.165, 1.54) is 32.6 Å². The van der Waals surface area contributed by atoms with Crippen LogP contribution in [-0.4, -0.2) is 31.8 Å². The predicted molar refractivity (Wildman–Crippen MR) is 92.2 cm³/mol. The molecule has 0 radical (unpaired) electrons. The Morgan fingerprint density at radius 3 is 2.17 bits per heavy atom. The number of carbonyl (C=O) groups excluding carboxylic acids is 2. The van der Waals surface area contributed by atoms with Crippen molar-refractivity contribution in [2.45, 2.75) is 52.4 Å². The lowest BCUT2D eigenvalue weighted by atomic mass is 10.2. The fourth-order valence-electron chi connectivity index (χ4n) is 2.11. The third kappa shape index (κ3) is 9.18. The number of carbonyl (C=O) groups is 2. The van der Waals surface area contributed by atoms with Crippen LogP contribution in [0.3, 0.4) is 0 Å². The summed E-state index contributed by atoms with van der Waals surface area (Å²) >= 11 is 0. The van der Waals surface area contributed by atoms with E-state index >= 15 is 0 Å². The summed E-state index contributed by atoms with van der Waals surface area (Å²) in [5.41, 5.74) is 0.484. The van der Waals surface area contributed by atoms with Gasteiger partial charge in [-0.2, -0.15) is 0 Å². The molecule has 0 atom stereocenters. The first-order valence-electron chi connectivity index (χ1n) is 8.67. The van der Waals surface area contributed by atoms with Gasteiger partial charge in [-0.05, 0) is 30.7 Å². The van der Waals surface area contributed by atoms with E-state index in [1.54, 1.807) is 24.3 Å². The number of hydrogen-bond donors (Lipinski definition) is 0. The molecular formula is C19H28O5. The van der Waals surface area contributed by atoms with Crippen molar-refractivity contribution in [3.05, 3.63) is 29.8 Å². The number of esters is 2. The summed E-state index contributed by atoms with van der Waals surface area (Å²) in [6.45, 7) is 4.73. The summed E-state index contributed by atoms with van der Waals surface area (Å²) in [5.74, 6) is 0.0446. The van der Waals surface area contributed by atoms with Crippen LogP contribution in [0.1, 0.15) is 62.7 Å². The van der Waals surface area contributed by atoms with E-state index in [4.69, 9.17) is 14.2 Å². The fourth-order valence-corrected chi connectivity index (χ4v) is 2.11. The van der Waals surface area contributed by atoms with Crippen LogP contribution in [-0.2, 0) is 14.3 Å². The Kier molecular flexibility index (Phi) is 10.3. The minimum absolute atomic E-state index is 0.224. The van der Waals surface area contributed by atoms with Crippen molar-refractivity contribution >= 4 is 11.9 Å². The van der Waals surface area contributed by atoms with Gasteiger partial charge in [0.1, 0.15) is 5.75 Å². The highest BCUT2D eigenvalue weighted by Crippen LogP contribution is 2.14. The molecule has 1 aromatic rings. The highest BCUT2D eigenvalue weighted by molar-refractivity contribution is 5.89. The van der Waals surface area contributed by atoms with Gasteiger partial charge in [-0.25, -0.2) is 4.79 Å². The first-order chi connectivity index (χ1) is 11.6. The Morgan fingerprint density at radius 1 is 0.833 bits per heavy atom. The van der Waals surface area contributed by atoms with Crippen molar-refractivity contribution in [3.63, 3.8) is 0 Å². The third-order valence-corrected chi connectivity index (χ3v) is 3.43. The van der Waals surface area contributed by atoms with E-state index in [1.807, 2.05) is 0 Å². The average Bonchev–Trinajstić information content (AvgIpc) is 2.58. The van der Waals surface area contributed by atoms with Crippen LogP contribution in [0.4, 0.5) is 0 Å². The van der Waals surface area contributed by atoms with Crippen molar-refractivity contribution < 1.29 is 23.8 Å². The Hall–Kier alpha value is -2.04. The largest absolute Gasteiger partial charge is 0.494 e. The lowest BCUT2D eigenvalue weighted by molar-refractivity contribution is -0.141. The smallest absolute Gasteiger partial charge is 0.338 e. The number of hydrogen-bond acceptors (Lipinski definition) is 5. The molecule has 24 heavy (non-hydrogen) atoms. The summed E-state index contributed by atoms with van der Waals surface area (Å²) in [4.78, 5) is 22.4. The monoisotopic (exact) mass is 336 g/mol. The van der Waals surface area contributed by atoms with Crippen molar-refractivity contribution in [1.82, 2.24) is 0 Å². The predicted octanol–water partition coefficient (Wildman–Crippen LogP) is 4.15. The molecule has 1 rings (SSSR count). The van der Waals surface area contributed by atoms with Gasteiger partial charge in [0.15, 0.2) is 0 Å². The molecule has 0 aromatic heterocycles. The SMILES string of the molecule is CCCCCCCOc1ccc(C(=O)OCCCOC(C)=O)cc1. The molecule has 5 nitrogen and oxygen atoms in total. The van der Waals surface area contributed by atoms with E-state index in [-0.39, 0.29) is 25.2 Å². The van der Waals surface area contributed by atoms with Crippen molar-refractivity contribution in [2.24, 2.45) is 0 Å². The number of ether oxygens (including phenoxy) is 3. The maximum absolute atomic E-state index is 11.8. The number of benzene rings is 1. The van der Waals surface area contributed by atoms with Gasteiger partial charge in [-0.1, -0.05) is 32.6 Å². The summed E-state index contributed by atoms with van der Waals surface area (Å²) in [5, 5.41) is 0. The zero-order valence-corrected chi connectivity index (χ0v) is 14.7. The van der Waals surface area contributed by atoms with E-state index in [0.29, 0.717) is 18.6 Å². The summed E-state index contributed by atoms with van der Waals surface area (Å²) in [6, 6.07) is 6.95. The van der Waals surface area contributed by atoms with Gasteiger partial charge < -0.3 is 14.2 Å². The lowest BCUT2D eigenvalue weighted by Gasteiger charge is -2.08. The van der Waals surface area contributed by atoms with E-state index in [9.17, 15) is 9.59 Å². The average molecular weight is 336 g/mol. The molecule has 0 N–H and O–H groups in total. The Morgan fingerprint density at radius 2 is 1.50 bits per heavy atom. The van der Waals surface area contributed by atoms with Gasteiger partial charge in [0, 0.05) is 13.3 Å². The molecule has 0 saturated carbocycles. The molecule has 0 amide bonds. The second-order valence-corrected chi connectivity index (χ2v) is 5.62. The van der Waals surface area contributed by atoms with E-state index in [2.05, 4.69) is 6.92 Å². The van der Waals surface area contributed by atoms with Crippen LogP contribution in [0, 0.1) is 0 Å². The number of rotatable bonds is 12. The van der Waals surface area contributed by atoms with Crippen molar-refractivity contribution in [2.75, 3.05) is 19.8 Å². The molecule has 0 aliphatic rings. The molecule has 0 fully saturated rings. The maximum Gasteiger partial charge on any atom is 0.338 e. The highest BCUT2D eigenvalue weighted by atomic mass is 16.5. The summed E-state index contributed by atoms with van der Waals surface area (Å²) < 4.78 is 15.5. The highest BCUT2D eigenvalue weighted by Gasteiger charge is 2.07. The van der Waals surface area contributed by atoms with Gasteiger partial charge in [0.05, 0.1) is 25.4 Å². The lowest BCUT2D eigenvalue weighted by Crippen LogP contribution is -2.09. The zero-order valence-electron chi connectivity index (χ0n) is 14.7. The van der Waals surface area contributed by atoms with Crippen molar-refractivity contribution in [1.29, 1.82) is 0 Å². The molecule has 0 unspecified atom stereocenters. The fraction of sp³-hybridized carbons (Fsp3) is 0.579. The van der Waals surface area contributed by atoms with Crippen LogP contribution in [0.5, 0.6) is 5.75 Å². The Labute approximate surface area is 144 Å². The van der Waals surface area contributed by atoms with Crippen LogP contribution in [0.15, 0.2) is 24.3 Å². The zero-order chi connectivity index (χ0) is 17.6. The molecule has 0 aliphatic heterocycles. The molecule has 0 aliphatic carbocycles. The molecule has 5 heteroatoms. The minimum Gasteiger partial charge on any atom is -0.494 e. The normalized spacial score (nSPS) is 10.2. The maximum atomic E-state index is 11.8. The summed E-state index contributed by atoms with van der Waals surface area (Å²) in [6.07, 6.45) is 6.49. The van der Waals surface area contributed by atoms with Gasteiger partial charge in [-0.15, -0.1) is 0 Å². The summed E-state index contributed by atoms with van der Waals surface area (Å²) in [7, 11) is 0. The van der Waals surface area contributed by atoms with Gasteiger partial charge in [0.25, 0.3) is 0 Å². The molecule has 0 heterocycles. The quantitative estimate of drug-likeness (QED) is 0.424. The van der Waals surface area contributed by atoms with Crippen LogP contribution in [0.25, 0.3) is 0 Å². The standard InChI is InChI=1S/C19H28O5/c1-3-4-5-6-7-13-23-18-11-9-17(10-12-18)19(21)24-15-8-14-22-16(2)20/h9-12H,3-8,13-15H2,1-2H3. The molecule has 0 bridgehead atoms. The molecule has 0 spiro atoms. The topological polar surface area (TPSA) is 61.8 Å². The van der Waals surface area contributed by atoms with Crippen molar-refractivity contribution in [3.8, 4) is 5.75 Å². The van der Waals surface area contributed by atoms with Crippen LogP contribution in [0.2, 0.25) is 0 Å². The number of unbranched alkanes of at least 4 members (excludes halogenated alkanes) is 4. The van der Waals surface area contributed by atoms with E-state index in [0.717, 1.165) is 12.2 Å². The molecule has 1 aromatic carbocycles. The Bertz CT molecular complexity index is 481. The third-order valence-electron chi connectivity index (χ3n) is 3.43. The minimum atomic E-state index is -0.385. The first-order valence-corrected chi connectivity index (χ1v) is 8.67. The molecular weight excluding hydrogens is 308 g/mol. The van der Waals surface area contributed by atoms with Gasteiger partial charge in [-0.3, -0.25) is 4.79 Å². The van der Waals surface area contributed by atoms with Crippen LogP contribution >= 0.6 is 0 Å².